The number of hydrogen-bond donors (Lipinski definition) is 1. The summed E-state index contributed by atoms with van der Waals surface area (Å²) >= 11 is 7.70. The quantitative estimate of drug-likeness (QED) is 0.470. The average Bonchev–Trinajstić information content (AvgIpc) is 3.21. The number of azo groups is 1. The molecule has 1 aromatic carbocycles. The van der Waals surface area contributed by atoms with E-state index in [2.05, 4.69) is 15.2 Å². The Hall–Kier alpha value is -2.70. The molecular formula is C17H11ClN4OS. The van der Waals surface area contributed by atoms with Crippen LogP contribution in [0.3, 0.4) is 0 Å². The molecule has 0 radical (unpaired) electrons. The number of phenols is 1. The summed E-state index contributed by atoms with van der Waals surface area (Å²) in [7, 11) is 0. The highest BCUT2D eigenvalue weighted by atomic mass is 35.5. The maximum absolute atomic E-state index is 9.35. The second-order valence-corrected chi connectivity index (χ2v) is 6.44. The van der Waals surface area contributed by atoms with Crippen molar-refractivity contribution in [2.24, 2.45) is 10.2 Å². The molecule has 0 unspecified atom stereocenters. The van der Waals surface area contributed by atoms with Gasteiger partial charge in [0.05, 0.1) is 15.6 Å². The minimum Gasteiger partial charge on any atom is -0.508 e. The predicted molar refractivity (Wildman–Crippen MR) is 95.8 cm³/mol. The van der Waals surface area contributed by atoms with E-state index in [9.17, 15) is 5.11 Å². The number of aromatic nitrogens is 2. The first kappa shape index (κ1) is 14.9. The van der Waals surface area contributed by atoms with Gasteiger partial charge in [0.1, 0.15) is 17.1 Å². The van der Waals surface area contributed by atoms with Crippen LogP contribution in [-0.2, 0) is 0 Å². The first-order chi connectivity index (χ1) is 11.7. The van der Waals surface area contributed by atoms with Crippen molar-refractivity contribution >= 4 is 40.1 Å². The molecule has 0 saturated carbocycles. The molecular weight excluding hydrogens is 344 g/mol. The van der Waals surface area contributed by atoms with E-state index in [1.165, 1.54) is 0 Å². The maximum Gasteiger partial charge on any atom is 0.188 e. The van der Waals surface area contributed by atoms with E-state index in [-0.39, 0.29) is 5.75 Å². The van der Waals surface area contributed by atoms with Gasteiger partial charge in [0, 0.05) is 6.20 Å². The number of thiophene rings is 1. The van der Waals surface area contributed by atoms with Crippen molar-refractivity contribution < 1.29 is 5.11 Å². The van der Waals surface area contributed by atoms with Crippen LogP contribution in [0.4, 0.5) is 11.5 Å². The summed E-state index contributed by atoms with van der Waals surface area (Å²) < 4.78 is 1.82. The molecule has 118 valence electrons. The molecule has 0 bridgehead atoms. The van der Waals surface area contributed by atoms with Crippen LogP contribution in [0.25, 0.3) is 16.2 Å². The van der Waals surface area contributed by atoms with Crippen molar-refractivity contribution in [3.05, 3.63) is 65.1 Å². The number of nitrogens with zero attached hydrogens (tertiary/aromatic N) is 4. The first-order valence-corrected chi connectivity index (χ1v) is 8.39. The summed E-state index contributed by atoms with van der Waals surface area (Å²) in [6, 6.07) is 14.1. The Kier molecular flexibility index (Phi) is 3.76. The Balaban J connectivity index is 1.87. The lowest BCUT2D eigenvalue weighted by atomic mass is 10.3. The lowest BCUT2D eigenvalue weighted by molar-refractivity contribution is 0.475. The number of fused-ring (bicyclic) bond motifs is 1. The number of pyridine rings is 1. The van der Waals surface area contributed by atoms with Crippen LogP contribution in [0.15, 0.2) is 70.3 Å². The zero-order chi connectivity index (χ0) is 16.5. The van der Waals surface area contributed by atoms with Gasteiger partial charge in [0.25, 0.3) is 0 Å². The van der Waals surface area contributed by atoms with Crippen molar-refractivity contribution in [1.29, 1.82) is 0 Å². The van der Waals surface area contributed by atoms with Gasteiger partial charge in [0.15, 0.2) is 5.82 Å². The summed E-state index contributed by atoms with van der Waals surface area (Å²) in [4.78, 5) is 5.65. The van der Waals surface area contributed by atoms with Crippen molar-refractivity contribution in [3.63, 3.8) is 0 Å². The number of imidazole rings is 1. The number of benzene rings is 1. The second kappa shape index (κ2) is 6.07. The van der Waals surface area contributed by atoms with Crippen LogP contribution in [0.1, 0.15) is 0 Å². The molecule has 24 heavy (non-hydrogen) atoms. The van der Waals surface area contributed by atoms with Crippen LogP contribution in [-0.4, -0.2) is 14.5 Å². The Labute approximate surface area is 146 Å². The molecule has 0 aliphatic heterocycles. The monoisotopic (exact) mass is 354 g/mol. The molecule has 4 aromatic rings. The third-order valence-electron chi connectivity index (χ3n) is 3.42. The minimum atomic E-state index is 0.190. The summed E-state index contributed by atoms with van der Waals surface area (Å²) in [6.07, 6.45) is 1.77. The minimum absolute atomic E-state index is 0.190. The van der Waals surface area contributed by atoms with Gasteiger partial charge in [-0.15, -0.1) is 21.6 Å². The molecule has 0 spiro atoms. The molecule has 3 aromatic heterocycles. The fourth-order valence-electron chi connectivity index (χ4n) is 2.30. The van der Waals surface area contributed by atoms with Gasteiger partial charge in [0.2, 0.25) is 0 Å². The van der Waals surface area contributed by atoms with Crippen molar-refractivity contribution in [2.45, 2.75) is 0 Å². The number of rotatable bonds is 3. The van der Waals surface area contributed by atoms with Crippen LogP contribution in [0.2, 0.25) is 5.02 Å². The average molecular weight is 355 g/mol. The van der Waals surface area contributed by atoms with E-state index < -0.39 is 0 Å². The Bertz CT molecular complexity index is 1020. The van der Waals surface area contributed by atoms with Crippen molar-refractivity contribution in [3.8, 4) is 16.3 Å². The lowest BCUT2D eigenvalue weighted by Crippen LogP contribution is -1.82. The van der Waals surface area contributed by atoms with E-state index >= 15 is 0 Å². The molecule has 0 aliphatic carbocycles. The van der Waals surface area contributed by atoms with E-state index in [1.807, 2.05) is 28.0 Å². The fraction of sp³-hybridized carbons (Fsp3) is 0. The molecule has 0 amide bonds. The molecule has 0 saturated heterocycles. The van der Waals surface area contributed by atoms with Crippen LogP contribution in [0, 0.1) is 0 Å². The zero-order valence-corrected chi connectivity index (χ0v) is 13.9. The molecule has 0 aliphatic rings. The molecule has 5 nitrogen and oxygen atoms in total. The highest BCUT2D eigenvalue weighted by molar-refractivity contribution is 7.13. The van der Waals surface area contributed by atoms with Gasteiger partial charge >= 0.3 is 0 Å². The summed E-state index contributed by atoms with van der Waals surface area (Å²) in [6.45, 7) is 0. The van der Waals surface area contributed by atoms with Crippen LogP contribution >= 0.6 is 22.9 Å². The number of hydrogen-bond acceptors (Lipinski definition) is 5. The Morgan fingerprint density at radius 1 is 1.04 bits per heavy atom. The highest BCUT2D eigenvalue weighted by Crippen LogP contribution is 2.35. The van der Waals surface area contributed by atoms with E-state index in [0.717, 1.165) is 16.2 Å². The first-order valence-electron chi connectivity index (χ1n) is 7.13. The SMILES string of the molecule is Oc1ccc(N=Nc2c(-c3cccs3)nc3ccc(Cl)cn23)cc1. The third kappa shape index (κ3) is 2.77. The van der Waals surface area contributed by atoms with Gasteiger partial charge in [-0.25, -0.2) is 4.98 Å². The largest absolute Gasteiger partial charge is 0.508 e. The van der Waals surface area contributed by atoms with Gasteiger partial charge < -0.3 is 5.11 Å². The van der Waals surface area contributed by atoms with E-state index in [4.69, 9.17) is 11.6 Å². The van der Waals surface area contributed by atoms with Crippen LogP contribution < -0.4 is 0 Å². The number of halogens is 1. The molecule has 0 fully saturated rings. The zero-order valence-electron chi connectivity index (χ0n) is 12.3. The lowest BCUT2D eigenvalue weighted by Gasteiger charge is -1.98. The predicted octanol–water partition coefficient (Wildman–Crippen LogP) is 5.84. The van der Waals surface area contributed by atoms with E-state index in [0.29, 0.717) is 16.5 Å². The molecule has 4 rings (SSSR count). The molecule has 7 heteroatoms. The number of aromatic hydroxyl groups is 1. The normalized spacial score (nSPS) is 11.5. The molecule has 1 N–H and O–H groups in total. The maximum atomic E-state index is 9.35. The Morgan fingerprint density at radius 2 is 1.88 bits per heavy atom. The topological polar surface area (TPSA) is 62.2 Å². The van der Waals surface area contributed by atoms with Gasteiger partial charge in [-0.2, -0.15) is 0 Å². The van der Waals surface area contributed by atoms with E-state index in [1.54, 1.807) is 47.9 Å². The molecule has 3 heterocycles. The highest BCUT2D eigenvalue weighted by Gasteiger charge is 2.15. The van der Waals surface area contributed by atoms with Crippen molar-refractivity contribution in [2.75, 3.05) is 0 Å². The smallest absolute Gasteiger partial charge is 0.188 e. The molecule has 0 atom stereocenters. The fourth-order valence-corrected chi connectivity index (χ4v) is 3.17. The van der Waals surface area contributed by atoms with Crippen molar-refractivity contribution in [1.82, 2.24) is 9.38 Å². The summed E-state index contributed by atoms with van der Waals surface area (Å²) in [5.74, 6) is 0.804. The summed E-state index contributed by atoms with van der Waals surface area (Å²) in [5.41, 5.74) is 2.15. The second-order valence-electron chi connectivity index (χ2n) is 5.05. The standard InChI is InChI=1S/C17H11ClN4OS/c18-11-3-8-15-19-16(14-2-1-9-24-14)17(22(15)10-11)21-20-12-4-6-13(23)7-5-12/h1-10,23H. The van der Waals surface area contributed by atoms with Crippen LogP contribution in [0.5, 0.6) is 5.75 Å². The van der Waals surface area contributed by atoms with Gasteiger partial charge in [-0.1, -0.05) is 17.7 Å². The van der Waals surface area contributed by atoms with Gasteiger partial charge in [-0.3, -0.25) is 4.40 Å². The number of phenolic OH excluding ortho intramolecular Hbond substituents is 1. The summed E-state index contributed by atoms with van der Waals surface area (Å²) in [5, 5.41) is 20.6. The third-order valence-corrected chi connectivity index (χ3v) is 4.52. The Morgan fingerprint density at radius 3 is 2.62 bits per heavy atom. The van der Waals surface area contributed by atoms with Gasteiger partial charge in [-0.05, 0) is 47.8 Å².